The third-order valence-corrected chi connectivity index (χ3v) is 5.18. The molecule has 0 aromatic rings. The molecular weight excluding hydrogens is 224 g/mol. The van der Waals surface area contributed by atoms with Gasteiger partial charge in [-0.15, -0.1) is 6.58 Å². The maximum Gasteiger partial charge on any atom is 0.216 e. The molecule has 16 heavy (non-hydrogen) atoms. The molecule has 4 nitrogen and oxygen atoms in total. The molecule has 0 aromatic heterocycles. The Morgan fingerprint density at radius 3 is 2.62 bits per heavy atom. The van der Waals surface area contributed by atoms with Crippen molar-refractivity contribution in [3.63, 3.8) is 0 Å². The molecule has 2 rings (SSSR count). The fraction of sp³-hybridized carbons (Fsp3) is 0.818. The molecule has 1 saturated carbocycles. The summed E-state index contributed by atoms with van der Waals surface area (Å²) in [5.74, 6) is 0.247. The van der Waals surface area contributed by atoms with Crippen LogP contribution >= 0.6 is 0 Å². The van der Waals surface area contributed by atoms with Crippen molar-refractivity contribution in [3.8, 4) is 0 Å². The van der Waals surface area contributed by atoms with E-state index in [4.69, 9.17) is 0 Å². The Bertz CT molecular complexity index is 343. The molecule has 0 aromatic carbocycles. The van der Waals surface area contributed by atoms with Crippen LogP contribution < -0.4 is 5.32 Å². The van der Waals surface area contributed by atoms with Crippen LogP contribution in [0, 0.1) is 0 Å². The predicted octanol–water partition coefficient (Wildman–Crippen LogP) is 0.719. The van der Waals surface area contributed by atoms with Gasteiger partial charge in [0.25, 0.3) is 0 Å². The first-order valence-corrected chi connectivity index (χ1v) is 7.58. The number of rotatable bonds is 6. The Kier molecular flexibility index (Phi) is 3.66. The quantitative estimate of drug-likeness (QED) is 0.700. The Morgan fingerprint density at radius 2 is 2.12 bits per heavy atom. The molecule has 1 unspecified atom stereocenters. The molecule has 1 heterocycles. The van der Waals surface area contributed by atoms with Gasteiger partial charge in [0.1, 0.15) is 0 Å². The van der Waals surface area contributed by atoms with Gasteiger partial charge in [-0.3, -0.25) is 0 Å². The standard InChI is InChI=1S/C11H20N2O2S/c1-2-8-13(11-5-6-11)16(14,15)9-10-4-3-7-12-10/h2,10-12H,1,3-9H2. The average molecular weight is 244 g/mol. The van der Waals surface area contributed by atoms with Crippen LogP contribution in [0.3, 0.4) is 0 Å². The summed E-state index contributed by atoms with van der Waals surface area (Å²) < 4.78 is 26.0. The molecule has 0 amide bonds. The van der Waals surface area contributed by atoms with Gasteiger partial charge in [0, 0.05) is 18.6 Å². The number of nitrogens with one attached hydrogen (secondary N) is 1. The van der Waals surface area contributed by atoms with E-state index in [2.05, 4.69) is 11.9 Å². The zero-order valence-electron chi connectivity index (χ0n) is 9.56. The first-order chi connectivity index (χ1) is 7.63. The van der Waals surface area contributed by atoms with Crippen LogP contribution in [0.4, 0.5) is 0 Å². The maximum atomic E-state index is 12.2. The second kappa shape index (κ2) is 4.85. The van der Waals surface area contributed by atoms with Gasteiger partial charge in [-0.2, -0.15) is 4.31 Å². The molecule has 92 valence electrons. The number of nitrogens with zero attached hydrogens (tertiary/aromatic N) is 1. The molecule has 5 heteroatoms. The molecule has 0 radical (unpaired) electrons. The first kappa shape index (κ1) is 12.1. The van der Waals surface area contributed by atoms with Crippen molar-refractivity contribution < 1.29 is 8.42 Å². The van der Waals surface area contributed by atoms with E-state index in [0.717, 1.165) is 32.2 Å². The Labute approximate surface area is 97.8 Å². The summed E-state index contributed by atoms with van der Waals surface area (Å²) in [6, 6.07) is 0.389. The normalized spacial score (nSPS) is 26.2. The lowest BCUT2D eigenvalue weighted by atomic mass is 10.3. The molecule has 1 saturated heterocycles. The number of hydrogen-bond acceptors (Lipinski definition) is 3. The predicted molar refractivity (Wildman–Crippen MR) is 64.7 cm³/mol. The van der Waals surface area contributed by atoms with Crippen molar-refractivity contribution in [2.45, 2.75) is 37.8 Å². The van der Waals surface area contributed by atoms with Gasteiger partial charge >= 0.3 is 0 Å². The van der Waals surface area contributed by atoms with E-state index in [0.29, 0.717) is 6.54 Å². The largest absolute Gasteiger partial charge is 0.313 e. The molecule has 2 fully saturated rings. The lowest BCUT2D eigenvalue weighted by Crippen LogP contribution is -2.40. The van der Waals surface area contributed by atoms with E-state index >= 15 is 0 Å². The number of hydrogen-bond donors (Lipinski definition) is 1. The molecule has 1 aliphatic carbocycles. The van der Waals surface area contributed by atoms with Crippen LogP contribution in [-0.2, 0) is 10.0 Å². The number of sulfonamides is 1. The highest BCUT2D eigenvalue weighted by Gasteiger charge is 2.37. The highest BCUT2D eigenvalue weighted by molar-refractivity contribution is 7.89. The Morgan fingerprint density at radius 1 is 1.38 bits per heavy atom. The van der Waals surface area contributed by atoms with Gasteiger partial charge in [0.2, 0.25) is 10.0 Å². The van der Waals surface area contributed by atoms with E-state index in [9.17, 15) is 8.42 Å². The van der Waals surface area contributed by atoms with Crippen LogP contribution in [0.15, 0.2) is 12.7 Å². The Hall–Kier alpha value is -0.390. The average Bonchev–Trinajstić information content (AvgIpc) is 2.93. The van der Waals surface area contributed by atoms with Gasteiger partial charge in [-0.05, 0) is 32.2 Å². The lowest BCUT2D eigenvalue weighted by molar-refractivity contribution is 0.430. The highest BCUT2D eigenvalue weighted by atomic mass is 32.2. The molecule has 1 aliphatic heterocycles. The first-order valence-electron chi connectivity index (χ1n) is 5.97. The van der Waals surface area contributed by atoms with E-state index < -0.39 is 10.0 Å². The lowest BCUT2D eigenvalue weighted by Gasteiger charge is -2.22. The summed E-state index contributed by atoms with van der Waals surface area (Å²) in [7, 11) is -3.11. The summed E-state index contributed by atoms with van der Waals surface area (Å²) in [5.41, 5.74) is 0. The third kappa shape index (κ3) is 2.84. The van der Waals surface area contributed by atoms with E-state index in [1.807, 2.05) is 0 Å². The van der Waals surface area contributed by atoms with E-state index in [-0.39, 0.29) is 17.8 Å². The monoisotopic (exact) mass is 244 g/mol. The molecule has 0 spiro atoms. The summed E-state index contributed by atoms with van der Waals surface area (Å²) in [6.07, 6.45) is 5.76. The maximum absolute atomic E-state index is 12.2. The van der Waals surface area contributed by atoms with Crippen LogP contribution in [0.2, 0.25) is 0 Å². The summed E-state index contributed by atoms with van der Waals surface area (Å²) in [6.45, 7) is 5.04. The summed E-state index contributed by atoms with van der Waals surface area (Å²) in [4.78, 5) is 0. The second-order valence-electron chi connectivity index (χ2n) is 4.66. The van der Waals surface area contributed by atoms with Gasteiger partial charge in [-0.25, -0.2) is 8.42 Å². The highest BCUT2D eigenvalue weighted by Crippen LogP contribution is 2.29. The van der Waals surface area contributed by atoms with E-state index in [1.165, 1.54) is 0 Å². The van der Waals surface area contributed by atoms with Crippen LogP contribution in [0.1, 0.15) is 25.7 Å². The van der Waals surface area contributed by atoms with Crippen molar-refractivity contribution in [3.05, 3.63) is 12.7 Å². The topological polar surface area (TPSA) is 49.4 Å². The molecule has 2 aliphatic rings. The Balaban J connectivity index is 1.99. The van der Waals surface area contributed by atoms with Gasteiger partial charge < -0.3 is 5.32 Å². The minimum atomic E-state index is -3.11. The summed E-state index contributed by atoms with van der Waals surface area (Å²) in [5, 5.41) is 3.24. The summed E-state index contributed by atoms with van der Waals surface area (Å²) >= 11 is 0. The van der Waals surface area contributed by atoms with Gasteiger partial charge in [0.05, 0.1) is 5.75 Å². The fourth-order valence-electron chi connectivity index (χ4n) is 2.23. The van der Waals surface area contributed by atoms with Crippen molar-refractivity contribution in [1.82, 2.24) is 9.62 Å². The van der Waals surface area contributed by atoms with Crippen LogP contribution in [0.25, 0.3) is 0 Å². The van der Waals surface area contributed by atoms with Crippen LogP contribution in [-0.4, -0.2) is 43.6 Å². The van der Waals surface area contributed by atoms with Gasteiger partial charge in [0.15, 0.2) is 0 Å². The second-order valence-corrected chi connectivity index (χ2v) is 6.63. The molecule has 1 atom stereocenters. The minimum absolute atomic E-state index is 0.149. The smallest absolute Gasteiger partial charge is 0.216 e. The van der Waals surface area contributed by atoms with E-state index in [1.54, 1.807) is 10.4 Å². The molecular formula is C11H20N2O2S. The zero-order valence-corrected chi connectivity index (χ0v) is 10.4. The molecule has 0 bridgehead atoms. The minimum Gasteiger partial charge on any atom is -0.313 e. The SMILES string of the molecule is C=CCN(C1CC1)S(=O)(=O)CC1CCCN1. The zero-order chi connectivity index (χ0) is 11.6. The fourth-order valence-corrected chi connectivity index (χ4v) is 4.21. The molecule has 1 N–H and O–H groups in total. The third-order valence-electron chi connectivity index (χ3n) is 3.19. The van der Waals surface area contributed by atoms with Crippen LogP contribution in [0.5, 0.6) is 0 Å². The van der Waals surface area contributed by atoms with Gasteiger partial charge in [-0.1, -0.05) is 6.08 Å². The van der Waals surface area contributed by atoms with Crippen molar-refractivity contribution in [2.75, 3.05) is 18.8 Å². The van der Waals surface area contributed by atoms with Crippen molar-refractivity contribution >= 4 is 10.0 Å². The van der Waals surface area contributed by atoms with Crippen molar-refractivity contribution in [1.29, 1.82) is 0 Å². The van der Waals surface area contributed by atoms with Crippen molar-refractivity contribution in [2.24, 2.45) is 0 Å².